The number of aliphatic hydroxyl groups is 1. The van der Waals surface area contributed by atoms with Gasteiger partial charge < -0.3 is 25.2 Å². The maximum absolute atomic E-state index is 12.3. The lowest BCUT2D eigenvalue weighted by Crippen LogP contribution is -2.63. The lowest BCUT2D eigenvalue weighted by atomic mass is 9.79. The molecule has 0 saturated carbocycles. The van der Waals surface area contributed by atoms with Crippen LogP contribution in [0.3, 0.4) is 0 Å². The number of aliphatic imine (C=N–C) groups is 1. The molecule has 0 spiro atoms. The van der Waals surface area contributed by atoms with E-state index in [-0.39, 0.29) is 28.8 Å². The van der Waals surface area contributed by atoms with Crippen LogP contribution in [0.2, 0.25) is 0 Å². The Morgan fingerprint density at radius 1 is 1.56 bits per heavy atom. The summed E-state index contributed by atoms with van der Waals surface area (Å²) in [6.07, 6.45) is -0.784. The van der Waals surface area contributed by atoms with Gasteiger partial charge in [0.1, 0.15) is 18.1 Å². The lowest BCUT2D eigenvalue weighted by Gasteiger charge is -2.46. The van der Waals surface area contributed by atoms with Crippen LogP contribution in [-0.2, 0) is 14.3 Å². The van der Waals surface area contributed by atoms with Gasteiger partial charge in [0, 0.05) is 29.7 Å². The predicted molar refractivity (Wildman–Crippen MR) is 93.2 cm³/mol. The quantitative estimate of drug-likeness (QED) is 0.560. The Labute approximate surface area is 150 Å². The first-order chi connectivity index (χ1) is 11.9. The third-order valence-electron chi connectivity index (χ3n) is 4.91. The minimum Gasteiger partial charge on any atom is -0.477 e. The van der Waals surface area contributed by atoms with Gasteiger partial charge >= 0.3 is 5.97 Å². The molecule has 0 aromatic carbocycles. The molecule has 9 heteroatoms. The third-order valence-corrected chi connectivity index (χ3v) is 6.37. The number of carboxylic acids is 1. The second kappa shape index (κ2) is 6.97. The molecule has 0 radical (unpaired) electrons. The van der Waals surface area contributed by atoms with Crippen LogP contribution in [0.4, 0.5) is 0 Å². The summed E-state index contributed by atoms with van der Waals surface area (Å²) in [6.45, 7) is 5.16. The minimum absolute atomic E-state index is 0.0658. The van der Waals surface area contributed by atoms with Gasteiger partial charge in [-0.2, -0.15) is 0 Å². The van der Waals surface area contributed by atoms with Crippen LogP contribution in [0.5, 0.6) is 0 Å². The highest BCUT2D eigenvalue weighted by molar-refractivity contribution is 8.03. The van der Waals surface area contributed by atoms with Crippen LogP contribution in [0.25, 0.3) is 0 Å². The van der Waals surface area contributed by atoms with E-state index in [2.05, 4.69) is 10.3 Å². The average molecular weight is 369 g/mol. The number of carboxylic acid groups (broad SMARTS) is 1. The summed E-state index contributed by atoms with van der Waals surface area (Å²) in [4.78, 5) is 30.5. The molecular weight excluding hydrogens is 346 g/mol. The van der Waals surface area contributed by atoms with E-state index in [4.69, 9.17) is 4.74 Å². The Bertz CT molecular complexity index is 648. The number of ether oxygens (including phenoxy) is 1. The molecule has 1 saturated heterocycles. The van der Waals surface area contributed by atoms with Crippen molar-refractivity contribution in [3.8, 4) is 0 Å². The van der Waals surface area contributed by atoms with E-state index in [1.54, 1.807) is 14.0 Å². The van der Waals surface area contributed by atoms with Gasteiger partial charge in [-0.1, -0.05) is 6.92 Å². The molecule has 3 rings (SSSR count). The van der Waals surface area contributed by atoms with E-state index in [1.807, 2.05) is 6.92 Å². The molecule has 138 valence electrons. The van der Waals surface area contributed by atoms with Crippen molar-refractivity contribution >= 4 is 29.5 Å². The summed E-state index contributed by atoms with van der Waals surface area (Å²) < 4.78 is 5.04. The van der Waals surface area contributed by atoms with E-state index in [1.165, 1.54) is 16.7 Å². The normalized spacial score (nSPS) is 32.7. The van der Waals surface area contributed by atoms with E-state index in [0.29, 0.717) is 24.6 Å². The molecule has 3 aliphatic heterocycles. The summed E-state index contributed by atoms with van der Waals surface area (Å²) in [6, 6.07) is -0.273. The van der Waals surface area contributed by atoms with Gasteiger partial charge in [-0.05, 0) is 6.92 Å². The Morgan fingerprint density at radius 3 is 2.80 bits per heavy atom. The summed E-state index contributed by atoms with van der Waals surface area (Å²) >= 11 is 1.47. The Morgan fingerprint density at radius 2 is 2.28 bits per heavy atom. The number of aliphatic carboxylic acids is 1. The summed E-state index contributed by atoms with van der Waals surface area (Å²) in [5, 5.41) is 22.8. The fourth-order valence-corrected chi connectivity index (χ4v) is 5.06. The molecule has 3 N–H and O–H groups in total. The monoisotopic (exact) mass is 369 g/mol. The van der Waals surface area contributed by atoms with Crippen LogP contribution in [0.1, 0.15) is 13.8 Å². The number of nitrogens with one attached hydrogen (secondary N) is 1. The molecule has 0 aromatic heterocycles. The maximum atomic E-state index is 12.3. The van der Waals surface area contributed by atoms with E-state index >= 15 is 0 Å². The number of hydrogen-bond acceptors (Lipinski definition) is 7. The van der Waals surface area contributed by atoms with Gasteiger partial charge in [0.25, 0.3) is 0 Å². The Hall–Kier alpha value is -1.58. The molecule has 8 nitrogen and oxygen atoms in total. The van der Waals surface area contributed by atoms with Crippen molar-refractivity contribution < 1.29 is 24.5 Å². The van der Waals surface area contributed by atoms with Gasteiger partial charge in [0.15, 0.2) is 0 Å². The van der Waals surface area contributed by atoms with Gasteiger partial charge in [0.2, 0.25) is 5.91 Å². The van der Waals surface area contributed by atoms with Gasteiger partial charge in [-0.3, -0.25) is 9.79 Å². The van der Waals surface area contributed by atoms with Gasteiger partial charge in [-0.25, -0.2) is 4.79 Å². The number of carbonyl (C=O) groups excluding carboxylic acids is 1. The highest BCUT2D eigenvalue weighted by atomic mass is 32.2. The third kappa shape index (κ3) is 3.04. The number of amides is 1. The highest BCUT2D eigenvalue weighted by Gasteiger charge is 2.60. The van der Waals surface area contributed by atoms with Gasteiger partial charge in [-0.15, -0.1) is 11.8 Å². The smallest absolute Gasteiger partial charge is 0.353 e. The van der Waals surface area contributed by atoms with Crippen molar-refractivity contribution in [3.63, 3.8) is 0 Å². The Kier molecular flexibility index (Phi) is 5.08. The zero-order valence-corrected chi connectivity index (χ0v) is 15.2. The molecule has 3 aliphatic rings. The number of aliphatic hydroxyl groups excluding tert-OH is 1. The molecule has 3 heterocycles. The first-order valence-electron chi connectivity index (χ1n) is 8.28. The SMILES string of the molecule is COCC1=NCC(SC2=C(C(=O)O)N3C(=O)C(C(C)O)[C@H]3C2C)CN1. The zero-order valence-electron chi connectivity index (χ0n) is 14.4. The van der Waals surface area contributed by atoms with Crippen molar-refractivity contribution in [3.05, 3.63) is 10.6 Å². The van der Waals surface area contributed by atoms with Gasteiger partial charge in [0.05, 0.1) is 24.6 Å². The molecular formula is C16H23N3O5S. The van der Waals surface area contributed by atoms with Crippen molar-refractivity contribution in [2.24, 2.45) is 16.8 Å². The number of thioether (sulfide) groups is 1. The van der Waals surface area contributed by atoms with E-state index in [9.17, 15) is 19.8 Å². The van der Waals surface area contributed by atoms with Crippen molar-refractivity contribution in [1.29, 1.82) is 0 Å². The fraction of sp³-hybridized carbons (Fsp3) is 0.688. The zero-order chi connectivity index (χ0) is 18.3. The minimum atomic E-state index is -1.10. The second-order valence-electron chi connectivity index (χ2n) is 6.61. The predicted octanol–water partition coefficient (Wildman–Crippen LogP) is -0.110. The van der Waals surface area contributed by atoms with Crippen molar-refractivity contribution in [1.82, 2.24) is 10.2 Å². The molecule has 0 aliphatic carbocycles. The molecule has 1 amide bonds. The molecule has 25 heavy (non-hydrogen) atoms. The number of fused-ring (bicyclic) bond motifs is 1. The standard InChI is InChI=1S/C16H23N3O5S/c1-7-12-11(8(2)20)15(21)19(12)13(16(22)23)14(7)25-9-4-17-10(6-24-3)18-5-9/h7-9,11-12,20H,4-6H2,1-3H3,(H,17,18)(H,22,23)/t7?,8?,11?,12-/m1/s1. The highest BCUT2D eigenvalue weighted by Crippen LogP contribution is 2.51. The number of carbonyl (C=O) groups is 2. The number of amidine groups is 1. The molecule has 0 aromatic rings. The first-order valence-corrected chi connectivity index (χ1v) is 9.16. The topological polar surface area (TPSA) is 111 Å². The number of nitrogens with zero attached hydrogens (tertiary/aromatic N) is 2. The first kappa shape index (κ1) is 18.2. The van der Waals surface area contributed by atoms with Crippen molar-refractivity contribution in [2.75, 3.05) is 26.8 Å². The number of hydrogen-bond donors (Lipinski definition) is 3. The fourth-order valence-electron chi connectivity index (χ4n) is 3.73. The van der Waals surface area contributed by atoms with Crippen molar-refractivity contribution in [2.45, 2.75) is 31.2 Å². The van der Waals surface area contributed by atoms with E-state index in [0.717, 1.165) is 5.84 Å². The Balaban J connectivity index is 1.78. The van der Waals surface area contributed by atoms with Crippen LogP contribution >= 0.6 is 11.8 Å². The largest absolute Gasteiger partial charge is 0.477 e. The number of rotatable bonds is 6. The van der Waals surface area contributed by atoms with Crippen LogP contribution < -0.4 is 5.32 Å². The van der Waals surface area contributed by atoms with Crippen LogP contribution in [-0.4, -0.2) is 77.0 Å². The lowest BCUT2D eigenvalue weighted by molar-refractivity contribution is -0.163. The summed E-state index contributed by atoms with van der Waals surface area (Å²) in [7, 11) is 1.61. The molecule has 4 unspecified atom stereocenters. The summed E-state index contributed by atoms with van der Waals surface area (Å²) in [5.41, 5.74) is 0.0658. The van der Waals surface area contributed by atoms with Crippen LogP contribution in [0, 0.1) is 11.8 Å². The number of methoxy groups -OCH3 is 1. The summed E-state index contributed by atoms with van der Waals surface area (Å²) in [5.74, 6) is -1.25. The van der Waals surface area contributed by atoms with Crippen LogP contribution in [0.15, 0.2) is 15.6 Å². The second-order valence-corrected chi connectivity index (χ2v) is 7.96. The molecule has 1 fully saturated rings. The molecule has 0 bridgehead atoms. The average Bonchev–Trinajstić information content (AvgIpc) is 2.79. The molecule has 5 atom stereocenters. The van der Waals surface area contributed by atoms with E-state index < -0.39 is 18.0 Å². The maximum Gasteiger partial charge on any atom is 0.353 e. The number of β-lactam (4-membered cyclic amide) rings is 1.